The van der Waals surface area contributed by atoms with Crippen LogP contribution in [0, 0.1) is 11.8 Å². The third-order valence-electron chi connectivity index (χ3n) is 16.1. The van der Waals surface area contributed by atoms with Crippen LogP contribution in [0.3, 0.4) is 0 Å². The standard InChI is InChI=1S/C59H93N15O15S/c1-6-34(4)49(57(87)64-32-46(76)65-38(27-33(2)3)52(82)66-36(50(63)80)21-26-90-5)71-54(84)39(28-35-15-8-7-9-16-35)68-51(81)37(17-10-11-22-60)67-53(83)40(29-45(62)75)69-55(85)42-18-12-24-73(42)58(88)41(30-48(78)79)70-56(86)43-19-13-25-74(43)59(89)44-20-14-23-72(44)47(77)31-61/h7-9,15-16,33-34,36-44,49H,6,10-14,17-32,60-61H2,1-5H3,(H2,62,75)(H2,63,80)(H,64,87)(H,65,76)(H,66,82)(H,67,83)(H,68,81)(H,69,85)(H,70,86)(H,71,84)(H,78,79)/t34-,36-,37-,38-,39-,40-,41-,42-,43-,44-,49-/m0/s1. The van der Waals surface area contributed by atoms with Crippen LogP contribution < -0.4 is 65.5 Å². The highest BCUT2D eigenvalue weighted by atomic mass is 32.2. The first-order valence-corrected chi connectivity index (χ1v) is 32.2. The SMILES string of the molecule is CC[C@H](C)[C@H](NC(=O)[C@H](Cc1ccccc1)NC(=O)[C@H](CCCCN)NC(=O)[C@H](CC(N)=O)NC(=O)[C@@H]1CCCN1C(=O)[C@H](CC(=O)O)NC(=O)[C@@H]1CCCN1C(=O)[C@@H]1CCCN1C(=O)CN)C(=O)NCC(=O)N[C@@H](CC(C)C)C(=O)N[C@@H](CCSC)C(N)=O. The first-order valence-electron chi connectivity index (χ1n) is 30.8. The Morgan fingerprint density at radius 1 is 0.611 bits per heavy atom. The molecule has 3 fully saturated rings. The average molecular weight is 1280 g/mol. The van der Waals surface area contributed by atoms with Crippen LogP contribution in [-0.2, 0) is 73.5 Å². The maximum atomic E-state index is 14.5. The van der Waals surface area contributed by atoms with Gasteiger partial charge in [-0.1, -0.05) is 64.4 Å². The molecule has 0 saturated carbocycles. The van der Waals surface area contributed by atoms with Crippen molar-refractivity contribution in [2.75, 3.05) is 51.3 Å². The van der Waals surface area contributed by atoms with Crippen molar-refractivity contribution < 1.29 is 72.2 Å². The lowest BCUT2D eigenvalue weighted by Gasteiger charge is -2.32. The molecule has 1 aromatic rings. The van der Waals surface area contributed by atoms with Gasteiger partial charge in [0.1, 0.15) is 60.4 Å². The normalized spacial score (nSPS) is 18.9. The van der Waals surface area contributed by atoms with E-state index in [0.717, 1.165) is 4.90 Å². The lowest BCUT2D eigenvalue weighted by atomic mass is 9.97. The molecule has 30 nitrogen and oxygen atoms in total. The molecule has 3 aliphatic heterocycles. The summed E-state index contributed by atoms with van der Waals surface area (Å²) in [4.78, 5) is 193. The monoisotopic (exact) mass is 1280 g/mol. The van der Waals surface area contributed by atoms with Crippen LogP contribution in [0.1, 0.15) is 123 Å². The predicted molar refractivity (Wildman–Crippen MR) is 330 cm³/mol. The van der Waals surface area contributed by atoms with Crippen molar-refractivity contribution in [3.05, 3.63) is 35.9 Å². The molecule has 0 unspecified atom stereocenters. The Morgan fingerprint density at radius 2 is 1.17 bits per heavy atom. The fraction of sp³-hybridized carbons (Fsp3) is 0.661. The Hall–Kier alpha value is -7.93. The zero-order chi connectivity index (χ0) is 66.8. The molecule has 1 aromatic carbocycles. The Bertz CT molecular complexity index is 2710. The number of benzene rings is 1. The number of nitrogens with two attached hydrogens (primary N) is 4. The van der Waals surface area contributed by atoms with Crippen molar-refractivity contribution in [3.63, 3.8) is 0 Å². The molecule has 0 radical (unpaired) electrons. The number of aliphatic carboxylic acids is 1. The van der Waals surface area contributed by atoms with Gasteiger partial charge in [0.05, 0.1) is 25.9 Å². The Kier molecular flexibility index (Phi) is 30.9. The Morgan fingerprint density at radius 3 is 1.74 bits per heavy atom. The number of thioether (sulfide) groups is 1. The number of primary amides is 2. The quantitative estimate of drug-likeness (QED) is 0.0287. The maximum Gasteiger partial charge on any atom is 0.305 e. The molecule has 90 heavy (non-hydrogen) atoms. The van der Waals surface area contributed by atoms with Crippen molar-refractivity contribution in [1.82, 2.24) is 57.2 Å². The number of rotatable bonds is 37. The van der Waals surface area contributed by atoms with E-state index in [4.69, 9.17) is 22.9 Å². The van der Waals surface area contributed by atoms with E-state index < -0.39 is 168 Å². The van der Waals surface area contributed by atoms with Crippen molar-refractivity contribution in [2.45, 2.75) is 184 Å². The summed E-state index contributed by atoms with van der Waals surface area (Å²) in [6.45, 7) is 6.77. The number of carboxylic acids is 1. The molecular formula is C59H93N15O15S. The van der Waals surface area contributed by atoms with E-state index >= 15 is 0 Å². The number of unbranched alkanes of at least 4 members (excludes halogenated alkanes) is 1. The molecule has 0 bridgehead atoms. The maximum absolute atomic E-state index is 14.5. The lowest BCUT2D eigenvalue weighted by molar-refractivity contribution is -0.148. The smallest absolute Gasteiger partial charge is 0.305 e. The van der Waals surface area contributed by atoms with Gasteiger partial charge in [-0.3, -0.25) is 67.1 Å². The van der Waals surface area contributed by atoms with Crippen molar-refractivity contribution in [2.24, 2.45) is 34.8 Å². The van der Waals surface area contributed by atoms with Gasteiger partial charge in [-0.25, -0.2) is 0 Å². The number of carbonyl (C=O) groups is 14. The molecule has 0 spiro atoms. The number of hydrogen-bond donors (Lipinski definition) is 13. The topological polar surface area (TPSA) is 469 Å². The molecule has 11 atom stereocenters. The fourth-order valence-corrected chi connectivity index (χ4v) is 11.6. The van der Waals surface area contributed by atoms with E-state index in [2.05, 4.69) is 42.5 Å². The Labute approximate surface area is 528 Å². The van der Waals surface area contributed by atoms with Gasteiger partial charge in [-0.2, -0.15) is 11.8 Å². The number of likely N-dealkylation sites (tertiary alicyclic amines) is 3. The summed E-state index contributed by atoms with van der Waals surface area (Å²) in [5.74, 6) is -11.9. The summed E-state index contributed by atoms with van der Waals surface area (Å²) >= 11 is 1.46. The molecule has 0 aromatic heterocycles. The second-order valence-corrected chi connectivity index (χ2v) is 24.4. The van der Waals surface area contributed by atoms with Gasteiger partial charge in [0.15, 0.2) is 0 Å². The molecular weight excluding hydrogens is 1190 g/mol. The number of amides is 13. The number of carbonyl (C=O) groups excluding carboxylic acids is 13. The summed E-state index contributed by atoms with van der Waals surface area (Å²) < 4.78 is 0. The van der Waals surface area contributed by atoms with E-state index in [1.54, 1.807) is 44.2 Å². The highest BCUT2D eigenvalue weighted by Crippen LogP contribution is 2.26. The van der Waals surface area contributed by atoms with E-state index in [9.17, 15) is 72.2 Å². The predicted octanol–water partition coefficient (Wildman–Crippen LogP) is -3.52. The van der Waals surface area contributed by atoms with Gasteiger partial charge in [-0.05, 0) is 107 Å². The van der Waals surface area contributed by atoms with Crippen molar-refractivity contribution >= 4 is 94.5 Å². The van der Waals surface area contributed by atoms with Gasteiger partial charge in [0.2, 0.25) is 76.8 Å². The van der Waals surface area contributed by atoms with E-state index in [1.807, 2.05) is 20.1 Å². The first-order chi connectivity index (χ1) is 42.7. The molecule has 3 heterocycles. The number of carboxylic acid groups (broad SMARTS) is 1. The van der Waals surface area contributed by atoms with Crippen LogP contribution in [0.25, 0.3) is 0 Å². The van der Waals surface area contributed by atoms with Crippen molar-refractivity contribution in [1.29, 1.82) is 0 Å². The summed E-state index contributed by atoms with van der Waals surface area (Å²) in [5.41, 5.74) is 23.1. The molecule has 3 aliphatic rings. The highest BCUT2D eigenvalue weighted by molar-refractivity contribution is 7.98. The van der Waals surface area contributed by atoms with Gasteiger partial charge >= 0.3 is 5.97 Å². The van der Waals surface area contributed by atoms with Gasteiger partial charge in [-0.15, -0.1) is 0 Å². The summed E-state index contributed by atoms with van der Waals surface area (Å²) in [5, 5.41) is 30.6. The van der Waals surface area contributed by atoms with Gasteiger partial charge in [0, 0.05) is 26.1 Å². The van der Waals surface area contributed by atoms with E-state index in [0.29, 0.717) is 50.0 Å². The summed E-state index contributed by atoms with van der Waals surface area (Å²) in [7, 11) is 0. The minimum atomic E-state index is -1.75. The molecule has 3 saturated heterocycles. The van der Waals surface area contributed by atoms with Crippen LogP contribution in [0.2, 0.25) is 0 Å². The van der Waals surface area contributed by atoms with Gasteiger partial charge < -0.3 is 85.3 Å². The van der Waals surface area contributed by atoms with Crippen LogP contribution in [0.5, 0.6) is 0 Å². The zero-order valence-corrected chi connectivity index (χ0v) is 52.9. The van der Waals surface area contributed by atoms with Gasteiger partial charge in [0.25, 0.3) is 0 Å². The lowest BCUT2D eigenvalue weighted by Crippen LogP contribution is -2.61. The van der Waals surface area contributed by atoms with Crippen molar-refractivity contribution in [3.8, 4) is 0 Å². The van der Waals surface area contributed by atoms with E-state index in [1.165, 1.54) is 21.6 Å². The second-order valence-electron chi connectivity index (χ2n) is 23.4. The highest BCUT2D eigenvalue weighted by Gasteiger charge is 2.45. The summed E-state index contributed by atoms with van der Waals surface area (Å²) in [6, 6.07) is -4.45. The number of hydrogen-bond acceptors (Lipinski definition) is 17. The molecule has 17 N–H and O–H groups in total. The zero-order valence-electron chi connectivity index (χ0n) is 52.1. The van der Waals surface area contributed by atoms with Crippen LogP contribution >= 0.6 is 11.8 Å². The summed E-state index contributed by atoms with van der Waals surface area (Å²) in [6.07, 6.45) is 3.06. The molecule has 13 amide bonds. The minimum Gasteiger partial charge on any atom is -0.481 e. The number of nitrogens with one attached hydrogen (secondary N) is 8. The minimum absolute atomic E-state index is 0.00326. The largest absolute Gasteiger partial charge is 0.481 e. The molecule has 4 rings (SSSR count). The average Bonchev–Trinajstić information content (AvgIpc) is 2.35. The Balaban J connectivity index is 1.51. The first kappa shape index (κ1) is 74.5. The third kappa shape index (κ3) is 22.8. The molecule has 0 aliphatic carbocycles. The molecule has 500 valence electrons. The third-order valence-corrected chi connectivity index (χ3v) is 16.7. The second kappa shape index (κ2) is 37.3. The van der Waals surface area contributed by atoms with Crippen LogP contribution in [0.15, 0.2) is 30.3 Å². The van der Waals surface area contributed by atoms with E-state index in [-0.39, 0.29) is 83.5 Å². The van der Waals surface area contributed by atoms with Crippen LogP contribution in [-0.4, -0.2) is 214 Å². The number of nitrogens with zero attached hydrogens (tertiary/aromatic N) is 3. The molecule has 31 heteroatoms. The van der Waals surface area contributed by atoms with Crippen LogP contribution in [0.4, 0.5) is 0 Å². The fourth-order valence-electron chi connectivity index (χ4n) is 11.1.